The van der Waals surface area contributed by atoms with Crippen LogP contribution in [0.4, 0.5) is 5.69 Å². The maximum Gasteiger partial charge on any atom is 0.424 e. The first kappa shape index (κ1) is 18.0. The lowest BCUT2D eigenvalue weighted by molar-refractivity contribution is -0.661. The lowest BCUT2D eigenvalue weighted by atomic mass is 9.78. The molecule has 0 aliphatic carbocycles. The van der Waals surface area contributed by atoms with Crippen LogP contribution in [-0.2, 0) is 11.2 Å². The molecule has 0 spiro atoms. The van der Waals surface area contributed by atoms with Crippen LogP contribution in [0, 0.1) is 30.3 Å². The molecule has 0 amide bonds. The van der Waals surface area contributed by atoms with Crippen molar-refractivity contribution in [3.05, 3.63) is 96.1 Å². The van der Waals surface area contributed by atoms with Gasteiger partial charge in [-0.1, -0.05) is 18.2 Å². The fraction of sp³-hybridized carbons (Fsp3) is 0.250. The van der Waals surface area contributed by atoms with Crippen LogP contribution in [0.15, 0.2) is 64.8 Å². The van der Waals surface area contributed by atoms with Crippen LogP contribution in [0.25, 0.3) is 0 Å². The van der Waals surface area contributed by atoms with Crippen molar-refractivity contribution in [1.29, 1.82) is 0 Å². The molecule has 1 heterocycles. The summed E-state index contributed by atoms with van der Waals surface area (Å²) in [7, 11) is 0. The number of hydrogen-bond donors (Lipinski definition) is 0. The second-order valence-electron chi connectivity index (χ2n) is 6.19. The minimum atomic E-state index is -2.40. The highest BCUT2D eigenvalue weighted by atomic mass is 16.7. The lowest BCUT2D eigenvalue weighted by Gasteiger charge is -2.26. The molecule has 0 fully saturated rings. The Morgan fingerprint density at radius 2 is 1.44 bits per heavy atom. The van der Waals surface area contributed by atoms with Gasteiger partial charge < -0.3 is 0 Å². The van der Waals surface area contributed by atoms with E-state index >= 15 is 0 Å². The van der Waals surface area contributed by atoms with E-state index in [9.17, 15) is 30.3 Å². The van der Waals surface area contributed by atoms with E-state index in [-0.39, 0.29) is 16.8 Å². The monoisotopic (exact) mass is 371 g/mol. The van der Waals surface area contributed by atoms with Crippen LogP contribution in [0.2, 0.25) is 0 Å². The second-order valence-corrected chi connectivity index (χ2v) is 6.19. The highest BCUT2D eigenvalue weighted by molar-refractivity contribution is 5.39. The highest BCUT2D eigenvalue weighted by Gasteiger charge is 2.73. The van der Waals surface area contributed by atoms with Crippen LogP contribution >= 0.6 is 0 Å². The number of hydrogen-bond acceptors (Lipinski definition) is 8. The Kier molecular flexibility index (Phi) is 4.14. The summed E-state index contributed by atoms with van der Waals surface area (Å²) in [4.78, 5) is 32.5. The van der Waals surface area contributed by atoms with E-state index in [1.807, 2.05) is 0 Å². The van der Waals surface area contributed by atoms with Crippen LogP contribution < -0.4 is 0 Å². The summed E-state index contributed by atoms with van der Waals surface area (Å²) in [6, 6.07) is 10.5. The van der Waals surface area contributed by atoms with Gasteiger partial charge in [-0.3, -0.25) is 30.3 Å². The molecule has 0 saturated heterocycles. The van der Waals surface area contributed by atoms with Crippen molar-refractivity contribution in [2.75, 3.05) is 0 Å². The van der Waals surface area contributed by atoms with Gasteiger partial charge >= 0.3 is 11.7 Å². The van der Waals surface area contributed by atoms with Crippen LogP contribution in [0.1, 0.15) is 18.1 Å². The summed E-state index contributed by atoms with van der Waals surface area (Å²) in [5, 5.41) is 42.4. The Morgan fingerprint density at radius 3 is 1.93 bits per heavy atom. The predicted octanol–water partition coefficient (Wildman–Crippen LogP) is 3.05. The zero-order valence-electron chi connectivity index (χ0n) is 14.0. The molecule has 11 nitrogen and oxygen atoms in total. The Balaban J connectivity index is 2.19. The molecule has 11 heteroatoms. The standard InChI is InChI=1S/C16H13N5O6/c1-15(11-7-9-13(10-8-11)19(22)23)14(20(24)25)16(18-17-15,21(26)27)12-5-3-2-4-6-12/h2-10,14H,1H3. The average Bonchev–Trinajstić information content (AvgIpc) is 2.98. The topological polar surface area (TPSA) is 154 Å². The molecule has 3 rings (SSSR count). The van der Waals surface area contributed by atoms with Gasteiger partial charge in [0.25, 0.3) is 5.69 Å². The van der Waals surface area contributed by atoms with Gasteiger partial charge in [-0.2, -0.15) is 5.11 Å². The van der Waals surface area contributed by atoms with Gasteiger partial charge in [0.1, 0.15) is 0 Å². The van der Waals surface area contributed by atoms with E-state index in [2.05, 4.69) is 10.2 Å². The molecule has 1 aliphatic rings. The number of benzene rings is 2. The predicted molar refractivity (Wildman–Crippen MR) is 91.2 cm³/mol. The van der Waals surface area contributed by atoms with Crippen LogP contribution in [0.5, 0.6) is 0 Å². The fourth-order valence-corrected chi connectivity index (χ4v) is 3.31. The quantitative estimate of drug-likeness (QED) is 0.581. The molecule has 0 N–H and O–H groups in total. The Hall–Kier alpha value is -3.76. The molecule has 0 bridgehead atoms. The smallest absolute Gasteiger partial charge is 0.264 e. The fourth-order valence-electron chi connectivity index (χ4n) is 3.31. The second kappa shape index (κ2) is 6.20. The van der Waals surface area contributed by atoms with E-state index in [0.717, 1.165) is 0 Å². The van der Waals surface area contributed by atoms with E-state index in [1.165, 1.54) is 55.5 Å². The van der Waals surface area contributed by atoms with Crippen molar-refractivity contribution >= 4 is 5.69 Å². The van der Waals surface area contributed by atoms with Crippen molar-refractivity contribution in [2.24, 2.45) is 10.2 Å². The van der Waals surface area contributed by atoms with Gasteiger partial charge in [-0.05, 0) is 36.8 Å². The SMILES string of the molecule is CC1(c2ccc([N+](=O)[O-])cc2)N=NC(c2ccccc2)([N+](=O)[O-])C1[N+](=O)[O-]. The van der Waals surface area contributed by atoms with Crippen LogP contribution in [0.3, 0.4) is 0 Å². The molecular formula is C16H13N5O6. The van der Waals surface area contributed by atoms with E-state index in [4.69, 9.17) is 0 Å². The number of rotatable bonds is 5. The average molecular weight is 371 g/mol. The van der Waals surface area contributed by atoms with Gasteiger partial charge in [0, 0.05) is 17.1 Å². The first-order chi connectivity index (χ1) is 12.7. The summed E-state index contributed by atoms with van der Waals surface area (Å²) >= 11 is 0. The summed E-state index contributed by atoms with van der Waals surface area (Å²) in [5.41, 5.74) is -4.04. The number of nitrogens with zero attached hydrogens (tertiary/aromatic N) is 5. The summed E-state index contributed by atoms with van der Waals surface area (Å²) in [6.07, 6.45) is 0. The molecule has 3 unspecified atom stereocenters. The number of non-ortho nitro benzene ring substituents is 1. The van der Waals surface area contributed by atoms with Crippen LogP contribution in [-0.4, -0.2) is 20.8 Å². The zero-order valence-corrected chi connectivity index (χ0v) is 14.0. The first-order valence-electron chi connectivity index (χ1n) is 7.76. The maximum atomic E-state index is 12.0. The molecule has 2 aromatic carbocycles. The zero-order chi connectivity index (χ0) is 19.8. The van der Waals surface area contributed by atoms with Gasteiger partial charge in [-0.25, -0.2) is 0 Å². The van der Waals surface area contributed by atoms with Gasteiger partial charge in [0.2, 0.25) is 0 Å². The van der Waals surface area contributed by atoms with E-state index in [1.54, 1.807) is 6.07 Å². The molecule has 3 atom stereocenters. The third-order valence-electron chi connectivity index (χ3n) is 4.67. The molecule has 1 aliphatic heterocycles. The van der Waals surface area contributed by atoms with Crippen molar-refractivity contribution < 1.29 is 14.8 Å². The molecule has 2 aromatic rings. The Bertz CT molecular complexity index is 948. The third-order valence-corrected chi connectivity index (χ3v) is 4.67. The molecule has 0 saturated carbocycles. The minimum absolute atomic E-state index is 0.0334. The summed E-state index contributed by atoms with van der Waals surface area (Å²) in [5.74, 6) is 0. The third kappa shape index (κ3) is 2.60. The Morgan fingerprint density at radius 1 is 0.852 bits per heavy atom. The summed E-state index contributed by atoms with van der Waals surface area (Å²) in [6.45, 7) is 1.36. The largest absolute Gasteiger partial charge is 0.424 e. The highest BCUT2D eigenvalue weighted by Crippen LogP contribution is 2.49. The number of nitro benzene ring substituents is 1. The van der Waals surface area contributed by atoms with E-state index < -0.39 is 32.0 Å². The lowest BCUT2D eigenvalue weighted by Crippen LogP contribution is -2.54. The normalized spacial score (nSPS) is 26.6. The van der Waals surface area contributed by atoms with Crippen molar-refractivity contribution in [3.63, 3.8) is 0 Å². The van der Waals surface area contributed by atoms with Gasteiger partial charge in [-0.15, -0.1) is 5.11 Å². The first-order valence-corrected chi connectivity index (χ1v) is 7.76. The van der Waals surface area contributed by atoms with Crippen molar-refractivity contribution in [1.82, 2.24) is 0 Å². The van der Waals surface area contributed by atoms with Crippen molar-refractivity contribution in [3.8, 4) is 0 Å². The van der Waals surface area contributed by atoms with Crippen molar-refractivity contribution in [2.45, 2.75) is 24.2 Å². The number of azo groups is 1. The van der Waals surface area contributed by atoms with E-state index in [0.29, 0.717) is 0 Å². The van der Waals surface area contributed by atoms with Gasteiger partial charge in [0.05, 0.1) is 15.4 Å². The summed E-state index contributed by atoms with van der Waals surface area (Å²) < 4.78 is 0. The molecule has 138 valence electrons. The maximum absolute atomic E-state index is 12.0. The van der Waals surface area contributed by atoms with Gasteiger partial charge in [0.15, 0.2) is 5.54 Å². The molecule has 0 aromatic heterocycles. The molecule has 0 radical (unpaired) electrons. The molecular weight excluding hydrogens is 358 g/mol. The molecule has 27 heavy (non-hydrogen) atoms. The Labute approximate surface area is 151 Å². The number of nitro groups is 3. The minimum Gasteiger partial charge on any atom is -0.264 e.